The summed E-state index contributed by atoms with van der Waals surface area (Å²) >= 11 is 1.58. The van der Waals surface area contributed by atoms with Crippen molar-refractivity contribution in [3.8, 4) is 0 Å². The third-order valence-corrected chi connectivity index (χ3v) is 6.85. The molecular formula is C26H36N4O3S. The zero-order chi connectivity index (χ0) is 24.5. The first-order chi connectivity index (χ1) is 16.4. The number of thioether (sulfide) groups is 1. The highest BCUT2D eigenvalue weighted by Crippen LogP contribution is 2.25. The molecule has 1 amide bonds. The number of anilines is 1. The summed E-state index contributed by atoms with van der Waals surface area (Å²) in [6, 6.07) is 9.78. The van der Waals surface area contributed by atoms with Gasteiger partial charge >= 0.3 is 5.97 Å². The monoisotopic (exact) mass is 484 g/mol. The lowest BCUT2D eigenvalue weighted by Crippen LogP contribution is -2.42. The predicted molar refractivity (Wildman–Crippen MR) is 136 cm³/mol. The molecule has 1 saturated heterocycles. The average molecular weight is 485 g/mol. The second-order valence-electron chi connectivity index (χ2n) is 8.61. The number of aromatic nitrogens is 2. The molecule has 2 aromatic rings. The van der Waals surface area contributed by atoms with Gasteiger partial charge in [0, 0.05) is 49.8 Å². The van der Waals surface area contributed by atoms with Crippen molar-refractivity contribution in [2.24, 2.45) is 5.92 Å². The molecule has 0 saturated carbocycles. The van der Waals surface area contributed by atoms with Crippen molar-refractivity contribution in [1.29, 1.82) is 0 Å². The molecule has 1 aliphatic heterocycles. The van der Waals surface area contributed by atoms with Gasteiger partial charge in [0.25, 0.3) is 5.91 Å². The van der Waals surface area contributed by atoms with Crippen molar-refractivity contribution in [3.63, 3.8) is 0 Å². The molecule has 3 rings (SSSR count). The Labute approximate surface area is 207 Å². The van der Waals surface area contributed by atoms with E-state index < -0.39 is 0 Å². The number of nitrogens with zero attached hydrogens (tertiary/aromatic N) is 4. The Balaban J connectivity index is 1.67. The lowest BCUT2D eigenvalue weighted by molar-refractivity contribution is -0.149. The molecule has 7 nitrogen and oxygen atoms in total. The molecule has 1 unspecified atom stereocenters. The van der Waals surface area contributed by atoms with E-state index in [4.69, 9.17) is 9.72 Å². The first-order valence-electron chi connectivity index (χ1n) is 12.2. The van der Waals surface area contributed by atoms with Gasteiger partial charge in [-0.1, -0.05) is 37.7 Å². The minimum absolute atomic E-state index is 0.0337. The lowest BCUT2D eigenvalue weighted by Gasteiger charge is -2.31. The molecule has 2 heterocycles. The SMILES string of the molecule is CCCN(C)c1cc(CC)nc(SCc2cccc(C(=O)N3CCCC(C(=O)OCC)C3)c2)n1. The Morgan fingerprint density at radius 3 is 2.76 bits per heavy atom. The number of carbonyl (C=O) groups excluding carboxylic acids is 2. The van der Waals surface area contributed by atoms with Gasteiger partial charge in [0.15, 0.2) is 5.16 Å². The third kappa shape index (κ3) is 6.95. The fourth-order valence-electron chi connectivity index (χ4n) is 4.09. The second-order valence-corrected chi connectivity index (χ2v) is 9.55. The smallest absolute Gasteiger partial charge is 0.310 e. The molecule has 8 heteroatoms. The number of amides is 1. The Kier molecular flexibility index (Phi) is 9.74. The van der Waals surface area contributed by atoms with Gasteiger partial charge in [-0.15, -0.1) is 0 Å². The highest BCUT2D eigenvalue weighted by Gasteiger charge is 2.29. The highest BCUT2D eigenvalue weighted by molar-refractivity contribution is 7.98. The number of aryl methyl sites for hydroxylation is 1. The Bertz CT molecular complexity index is 984. The maximum Gasteiger partial charge on any atom is 0.310 e. The Hall–Kier alpha value is -2.61. The maximum absolute atomic E-state index is 13.2. The van der Waals surface area contributed by atoms with Gasteiger partial charge in [0.1, 0.15) is 5.82 Å². The molecule has 0 spiro atoms. The number of piperidine rings is 1. The standard InChI is InChI=1S/C26H36N4O3S/c1-5-13-29(4)23-16-22(6-2)27-26(28-23)34-18-19-10-8-11-20(15-19)24(31)30-14-9-12-21(17-30)25(32)33-7-3/h8,10-11,15-16,21H,5-7,9,12-14,17-18H2,1-4H3. The van der Waals surface area contributed by atoms with Crippen LogP contribution in [0.3, 0.4) is 0 Å². The van der Waals surface area contributed by atoms with Crippen molar-refractivity contribution in [2.45, 2.75) is 57.4 Å². The molecular weight excluding hydrogens is 448 g/mol. The van der Waals surface area contributed by atoms with E-state index in [1.54, 1.807) is 23.6 Å². The van der Waals surface area contributed by atoms with Crippen molar-refractivity contribution < 1.29 is 14.3 Å². The van der Waals surface area contributed by atoms with Crippen LogP contribution in [0.1, 0.15) is 61.6 Å². The molecule has 0 N–H and O–H groups in total. The molecule has 1 aromatic heterocycles. The molecule has 0 radical (unpaired) electrons. The highest BCUT2D eigenvalue weighted by atomic mass is 32.2. The van der Waals surface area contributed by atoms with Gasteiger partial charge in [0.2, 0.25) is 0 Å². The number of rotatable bonds is 10. The number of benzene rings is 1. The molecule has 1 fully saturated rings. The minimum atomic E-state index is -0.237. The minimum Gasteiger partial charge on any atom is -0.466 e. The molecule has 1 atom stereocenters. The van der Waals surface area contributed by atoms with Crippen LogP contribution in [-0.4, -0.2) is 60.0 Å². The van der Waals surface area contributed by atoms with Gasteiger partial charge < -0.3 is 14.5 Å². The van der Waals surface area contributed by atoms with E-state index in [2.05, 4.69) is 36.8 Å². The molecule has 1 aliphatic rings. The van der Waals surface area contributed by atoms with E-state index in [9.17, 15) is 9.59 Å². The summed E-state index contributed by atoms with van der Waals surface area (Å²) in [5.41, 5.74) is 2.72. The first-order valence-corrected chi connectivity index (χ1v) is 13.2. The molecule has 0 aliphatic carbocycles. The summed E-state index contributed by atoms with van der Waals surface area (Å²) in [5, 5.41) is 0.752. The summed E-state index contributed by atoms with van der Waals surface area (Å²) in [6.07, 6.45) is 3.49. The summed E-state index contributed by atoms with van der Waals surface area (Å²) in [4.78, 5) is 38.7. The van der Waals surface area contributed by atoms with E-state index in [0.29, 0.717) is 31.0 Å². The van der Waals surface area contributed by atoms with E-state index >= 15 is 0 Å². The van der Waals surface area contributed by atoms with Crippen LogP contribution in [0.25, 0.3) is 0 Å². The zero-order valence-corrected chi connectivity index (χ0v) is 21.6. The number of esters is 1. The molecule has 184 valence electrons. The van der Waals surface area contributed by atoms with Gasteiger partial charge in [0.05, 0.1) is 12.5 Å². The normalized spacial score (nSPS) is 15.8. The third-order valence-electron chi connectivity index (χ3n) is 5.93. The van der Waals surface area contributed by atoms with Crippen molar-refractivity contribution in [1.82, 2.24) is 14.9 Å². The van der Waals surface area contributed by atoms with E-state index in [1.165, 1.54) is 0 Å². The van der Waals surface area contributed by atoms with Crippen molar-refractivity contribution >= 4 is 29.5 Å². The van der Waals surface area contributed by atoms with E-state index in [0.717, 1.165) is 54.5 Å². The van der Waals surface area contributed by atoms with E-state index in [1.807, 2.05) is 24.3 Å². The molecule has 0 bridgehead atoms. The van der Waals surface area contributed by atoms with Gasteiger partial charge in [-0.05, 0) is 50.3 Å². The number of hydrogen-bond donors (Lipinski definition) is 0. The first kappa shape index (κ1) is 26.0. The predicted octanol–water partition coefficient (Wildman–Crippen LogP) is 4.59. The van der Waals surface area contributed by atoms with Crippen LogP contribution in [0.2, 0.25) is 0 Å². The number of carbonyl (C=O) groups is 2. The number of ether oxygens (including phenoxy) is 1. The fraction of sp³-hybridized carbons (Fsp3) is 0.538. The number of hydrogen-bond acceptors (Lipinski definition) is 7. The van der Waals surface area contributed by atoms with E-state index in [-0.39, 0.29) is 17.8 Å². The second kappa shape index (κ2) is 12.7. The summed E-state index contributed by atoms with van der Waals surface area (Å²) in [7, 11) is 2.06. The molecule has 34 heavy (non-hydrogen) atoms. The number of likely N-dealkylation sites (tertiary alicyclic amines) is 1. The average Bonchev–Trinajstić information content (AvgIpc) is 2.87. The Morgan fingerprint density at radius 2 is 2.03 bits per heavy atom. The van der Waals surface area contributed by atoms with Crippen molar-refractivity contribution in [2.75, 3.05) is 38.2 Å². The molecule has 1 aromatic carbocycles. The van der Waals surface area contributed by atoms with Crippen LogP contribution >= 0.6 is 11.8 Å². The van der Waals surface area contributed by atoms with Gasteiger partial charge in [-0.3, -0.25) is 9.59 Å². The van der Waals surface area contributed by atoms with Gasteiger partial charge in [-0.2, -0.15) is 0 Å². The summed E-state index contributed by atoms with van der Waals surface area (Å²) in [5.74, 6) is 1.15. The largest absolute Gasteiger partial charge is 0.466 e. The van der Waals surface area contributed by atoms with Crippen LogP contribution in [0.4, 0.5) is 5.82 Å². The van der Waals surface area contributed by atoms with Crippen LogP contribution in [0, 0.1) is 5.92 Å². The van der Waals surface area contributed by atoms with Crippen LogP contribution in [0.15, 0.2) is 35.5 Å². The summed E-state index contributed by atoms with van der Waals surface area (Å²) in [6.45, 7) is 8.46. The Morgan fingerprint density at radius 1 is 1.21 bits per heavy atom. The lowest BCUT2D eigenvalue weighted by atomic mass is 9.97. The van der Waals surface area contributed by atoms with Crippen LogP contribution < -0.4 is 4.90 Å². The zero-order valence-electron chi connectivity index (χ0n) is 20.7. The summed E-state index contributed by atoms with van der Waals surface area (Å²) < 4.78 is 5.17. The van der Waals surface area contributed by atoms with Crippen LogP contribution in [-0.2, 0) is 21.7 Å². The fourth-order valence-corrected chi connectivity index (χ4v) is 4.90. The van der Waals surface area contributed by atoms with Gasteiger partial charge in [-0.25, -0.2) is 9.97 Å². The van der Waals surface area contributed by atoms with Crippen molar-refractivity contribution in [3.05, 3.63) is 47.2 Å². The maximum atomic E-state index is 13.2. The topological polar surface area (TPSA) is 75.6 Å². The van der Waals surface area contributed by atoms with Crippen LogP contribution in [0.5, 0.6) is 0 Å². The quantitative estimate of drug-likeness (QED) is 0.277.